The van der Waals surface area contributed by atoms with E-state index in [0.29, 0.717) is 37.2 Å². The average Bonchev–Trinajstić information content (AvgIpc) is 3.29. The standard InChI is InChI=1S/C32H54O9/c1-7-8-18-32(4,5)19-11-12-24-14-17-28(40-23(3)34)26(24)16-15-25(39-22(2)33)21-27(35)30(31(36)37-6)41-29-13-9-10-20-38-29/h24-26,28-30H,7-21H2,1-6H3/t24-,25?,26+,28-,29?,30?/m0/s1. The molecule has 2 fully saturated rings. The van der Waals surface area contributed by atoms with Crippen molar-refractivity contribution >= 4 is 23.7 Å². The lowest BCUT2D eigenvalue weighted by Gasteiger charge is -2.29. The van der Waals surface area contributed by atoms with Gasteiger partial charge in [0.05, 0.1) is 7.11 Å². The first-order chi connectivity index (χ1) is 19.5. The van der Waals surface area contributed by atoms with Crippen molar-refractivity contribution in [3.05, 3.63) is 0 Å². The lowest BCUT2D eigenvalue weighted by Crippen LogP contribution is -2.41. The first-order valence-corrected chi connectivity index (χ1v) is 15.7. The summed E-state index contributed by atoms with van der Waals surface area (Å²) in [6, 6.07) is 0. The van der Waals surface area contributed by atoms with E-state index in [4.69, 9.17) is 23.7 Å². The van der Waals surface area contributed by atoms with Gasteiger partial charge < -0.3 is 23.7 Å². The van der Waals surface area contributed by atoms with Crippen LogP contribution in [0.25, 0.3) is 0 Å². The fraction of sp³-hybridized carbons (Fsp3) is 0.875. The van der Waals surface area contributed by atoms with Gasteiger partial charge in [0.1, 0.15) is 12.2 Å². The van der Waals surface area contributed by atoms with E-state index in [9.17, 15) is 19.2 Å². The van der Waals surface area contributed by atoms with Crippen molar-refractivity contribution in [2.24, 2.45) is 17.3 Å². The predicted octanol–water partition coefficient (Wildman–Crippen LogP) is 6.09. The van der Waals surface area contributed by atoms with E-state index in [1.54, 1.807) is 0 Å². The number of carbonyl (C=O) groups excluding carboxylic acids is 4. The van der Waals surface area contributed by atoms with Crippen molar-refractivity contribution in [3.63, 3.8) is 0 Å². The van der Waals surface area contributed by atoms with Crippen LogP contribution in [0.2, 0.25) is 0 Å². The summed E-state index contributed by atoms with van der Waals surface area (Å²) in [4.78, 5) is 49.5. The maximum absolute atomic E-state index is 13.2. The van der Waals surface area contributed by atoms with Gasteiger partial charge in [-0.05, 0) is 75.0 Å². The molecule has 1 saturated heterocycles. The number of carbonyl (C=O) groups is 4. The summed E-state index contributed by atoms with van der Waals surface area (Å²) in [6.45, 7) is 10.1. The summed E-state index contributed by atoms with van der Waals surface area (Å²) in [5, 5.41) is 0. The molecule has 0 radical (unpaired) electrons. The third-order valence-corrected chi connectivity index (χ3v) is 8.57. The molecule has 0 aromatic heterocycles. The van der Waals surface area contributed by atoms with Crippen LogP contribution in [0.4, 0.5) is 0 Å². The number of hydrogen-bond donors (Lipinski definition) is 0. The van der Waals surface area contributed by atoms with Crippen molar-refractivity contribution < 1.29 is 42.9 Å². The zero-order chi connectivity index (χ0) is 30.4. The topological polar surface area (TPSA) is 114 Å². The summed E-state index contributed by atoms with van der Waals surface area (Å²) in [6.07, 6.45) is 9.00. The van der Waals surface area contributed by atoms with Crippen molar-refractivity contribution in [3.8, 4) is 0 Å². The Morgan fingerprint density at radius 3 is 2.29 bits per heavy atom. The van der Waals surface area contributed by atoms with Gasteiger partial charge >= 0.3 is 17.9 Å². The Kier molecular flexibility index (Phi) is 15.3. The average molecular weight is 583 g/mol. The van der Waals surface area contributed by atoms with Crippen LogP contribution in [0.1, 0.15) is 125 Å². The fourth-order valence-corrected chi connectivity index (χ4v) is 6.36. The van der Waals surface area contributed by atoms with Gasteiger partial charge in [0.25, 0.3) is 0 Å². The molecule has 0 bridgehead atoms. The van der Waals surface area contributed by atoms with Crippen LogP contribution in [-0.2, 0) is 42.9 Å². The Morgan fingerprint density at radius 2 is 1.68 bits per heavy atom. The highest BCUT2D eigenvalue weighted by molar-refractivity contribution is 6.02. The Hall–Kier alpha value is -2.00. The number of Topliss-reactive ketones (excluding diaryl/α,β-unsaturated/α-hetero) is 1. The zero-order valence-electron chi connectivity index (χ0n) is 26.2. The van der Waals surface area contributed by atoms with Crippen LogP contribution in [0.15, 0.2) is 0 Å². The largest absolute Gasteiger partial charge is 0.467 e. The van der Waals surface area contributed by atoms with Crippen LogP contribution in [-0.4, -0.2) is 62.0 Å². The highest BCUT2D eigenvalue weighted by Gasteiger charge is 2.39. The van der Waals surface area contributed by atoms with E-state index in [0.717, 1.165) is 44.9 Å². The van der Waals surface area contributed by atoms with E-state index >= 15 is 0 Å². The summed E-state index contributed by atoms with van der Waals surface area (Å²) < 4.78 is 27.4. The Morgan fingerprint density at radius 1 is 0.951 bits per heavy atom. The molecule has 1 heterocycles. The van der Waals surface area contributed by atoms with Gasteiger partial charge in [0.15, 0.2) is 12.1 Å². The molecule has 0 aromatic rings. The molecule has 0 spiro atoms. The van der Waals surface area contributed by atoms with Crippen LogP contribution in [0, 0.1) is 17.3 Å². The van der Waals surface area contributed by atoms with E-state index in [1.807, 2.05) is 0 Å². The Labute approximate surface area is 246 Å². The van der Waals surface area contributed by atoms with E-state index in [1.165, 1.54) is 40.2 Å². The van der Waals surface area contributed by atoms with Gasteiger partial charge in [-0.1, -0.05) is 46.5 Å². The first kappa shape index (κ1) is 35.2. The quantitative estimate of drug-likeness (QED) is 0.108. The SMILES string of the molecule is CCCCC(C)(C)CCC[C@H]1CC[C@H](OC(C)=O)[C@@H]1CCC(CC(=O)C(OC1CCCCO1)C(=O)OC)OC(C)=O. The smallest absolute Gasteiger partial charge is 0.342 e. The monoisotopic (exact) mass is 582 g/mol. The molecule has 0 N–H and O–H groups in total. The molecule has 9 nitrogen and oxygen atoms in total. The molecule has 3 unspecified atom stereocenters. The van der Waals surface area contributed by atoms with Gasteiger partial charge in [-0.3, -0.25) is 14.4 Å². The lowest BCUT2D eigenvalue weighted by atomic mass is 9.79. The predicted molar refractivity (Wildman–Crippen MR) is 154 cm³/mol. The van der Waals surface area contributed by atoms with Gasteiger partial charge in [0.2, 0.25) is 6.10 Å². The summed E-state index contributed by atoms with van der Waals surface area (Å²) in [7, 11) is 1.21. The molecular formula is C32H54O9. The summed E-state index contributed by atoms with van der Waals surface area (Å²) in [5.74, 6) is -1.58. The molecule has 41 heavy (non-hydrogen) atoms. The summed E-state index contributed by atoms with van der Waals surface area (Å²) >= 11 is 0. The number of hydrogen-bond acceptors (Lipinski definition) is 9. The lowest BCUT2D eigenvalue weighted by molar-refractivity contribution is -0.203. The van der Waals surface area contributed by atoms with Gasteiger partial charge in [-0.2, -0.15) is 0 Å². The van der Waals surface area contributed by atoms with E-state index in [2.05, 4.69) is 20.8 Å². The number of methoxy groups -OCH3 is 1. The second kappa shape index (κ2) is 17.8. The minimum absolute atomic E-state index is 0.120. The normalized spacial score (nSPS) is 24.3. The van der Waals surface area contributed by atoms with Crippen molar-refractivity contribution in [1.82, 2.24) is 0 Å². The molecule has 1 aliphatic heterocycles. The maximum Gasteiger partial charge on any atom is 0.342 e. The highest BCUT2D eigenvalue weighted by Crippen LogP contribution is 2.42. The molecular weight excluding hydrogens is 528 g/mol. The second-order valence-electron chi connectivity index (χ2n) is 12.6. The maximum atomic E-state index is 13.2. The number of rotatable bonds is 18. The minimum Gasteiger partial charge on any atom is -0.467 e. The molecule has 6 atom stereocenters. The molecule has 1 aliphatic carbocycles. The Balaban J connectivity index is 2.06. The van der Waals surface area contributed by atoms with Gasteiger partial charge in [-0.15, -0.1) is 0 Å². The van der Waals surface area contributed by atoms with Crippen LogP contribution in [0.3, 0.4) is 0 Å². The molecule has 0 aromatic carbocycles. The summed E-state index contributed by atoms with van der Waals surface area (Å²) in [5.41, 5.74) is 0.307. The van der Waals surface area contributed by atoms with Crippen molar-refractivity contribution in [1.29, 1.82) is 0 Å². The third kappa shape index (κ3) is 12.8. The van der Waals surface area contributed by atoms with Crippen LogP contribution in [0.5, 0.6) is 0 Å². The van der Waals surface area contributed by atoms with Crippen LogP contribution < -0.4 is 0 Å². The Bertz CT molecular complexity index is 833. The highest BCUT2D eigenvalue weighted by atomic mass is 16.7. The second-order valence-corrected chi connectivity index (χ2v) is 12.6. The number of unbranched alkanes of at least 4 members (excludes halogenated alkanes) is 1. The van der Waals surface area contributed by atoms with E-state index < -0.39 is 36.2 Å². The first-order valence-electron chi connectivity index (χ1n) is 15.7. The van der Waals surface area contributed by atoms with E-state index in [-0.39, 0.29) is 24.4 Å². The fourth-order valence-electron chi connectivity index (χ4n) is 6.36. The van der Waals surface area contributed by atoms with Gasteiger partial charge in [-0.25, -0.2) is 4.79 Å². The molecule has 1 saturated carbocycles. The number of esters is 3. The number of ketones is 1. The molecule has 236 valence electrons. The van der Waals surface area contributed by atoms with Crippen LogP contribution >= 0.6 is 0 Å². The minimum atomic E-state index is -1.44. The van der Waals surface area contributed by atoms with Crippen molar-refractivity contribution in [2.75, 3.05) is 13.7 Å². The number of ether oxygens (including phenoxy) is 5. The molecule has 9 heteroatoms. The third-order valence-electron chi connectivity index (χ3n) is 8.57. The zero-order valence-corrected chi connectivity index (χ0v) is 26.2. The van der Waals surface area contributed by atoms with Gasteiger partial charge in [0, 0.05) is 26.9 Å². The molecule has 2 rings (SSSR count). The van der Waals surface area contributed by atoms with Crippen molar-refractivity contribution in [2.45, 2.75) is 149 Å². The molecule has 2 aliphatic rings. The molecule has 0 amide bonds.